The van der Waals surface area contributed by atoms with Gasteiger partial charge in [-0.25, -0.2) is 9.18 Å². The Kier molecular flexibility index (Phi) is 9.22. The molecule has 0 radical (unpaired) electrons. The highest BCUT2D eigenvalue weighted by Crippen LogP contribution is 2.30. The minimum absolute atomic E-state index is 0.0853. The van der Waals surface area contributed by atoms with Crippen molar-refractivity contribution in [1.82, 2.24) is 0 Å². The monoisotopic (exact) mass is 563 g/mol. The summed E-state index contributed by atoms with van der Waals surface area (Å²) >= 11 is 0. The van der Waals surface area contributed by atoms with Crippen molar-refractivity contribution < 1.29 is 49.8 Å². The molecule has 0 heterocycles. The van der Waals surface area contributed by atoms with Gasteiger partial charge in [-0.3, -0.25) is 0 Å². The molecular formula is C25H21F8N3O3. The third-order valence-electron chi connectivity index (χ3n) is 5.12. The zero-order chi connectivity index (χ0) is 28.8. The standard InChI is InChI=1S/C25H21F8N3O3/c26-16-7-9-17(10-8-16)34-23(38)35-18-4-2-5-19(12-18)36(14-21(37)24(29,30)31)13-15-3-1-6-20(11-15)39-25(32,33)22(27)28/h1-12,21-22,37H,13-14H2,(H2,34,35,38). The van der Waals surface area contributed by atoms with Gasteiger partial charge in [0.05, 0.1) is 6.54 Å². The number of hydrogen-bond donors (Lipinski definition) is 3. The lowest BCUT2D eigenvalue weighted by Gasteiger charge is -2.29. The van der Waals surface area contributed by atoms with Gasteiger partial charge in [-0.05, 0) is 60.2 Å². The Balaban J connectivity index is 1.82. The van der Waals surface area contributed by atoms with Gasteiger partial charge in [0.1, 0.15) is 11.6 Å². The molecule has 0 aliphatic carbocycles. The van der Waals surface area contributed by atoms with Crippen molar-refractivity contribution in [1.29, 1.82) is 0 Å². The zero-order valence-corrected chi connectivity index (χ0v) is 19.7. The van der Waals surface area contributed by atoms with E-state index in [0.29, 0.717) is 0 Å². The summed E-state index contributed by atoms with van der Waals surface area (Å²) in [6.45, 7) is -1.39. The number of hydrogen-bond acceptors (Lipinski definition) is 4. The Morgan fingerprint density at radius 1 is 0.897 bits per heavy atom. The van der Waals surface area contributed by atoms with Crippen LogP contribution in [0.3, 0.4) is 0 Å². The van der Waals surface area contributed by atoms with Gasteiger partial charge < -0.3 is 25.4 Å². The number of amides is 2. The lowest BCUT2D eigenvalue weighted by atomic mass is 10.1. The van der Waals surface area contributed by atoms with E-state index >= 15 is 0 Å². The fourth-order valence-corrected chi connectivity index (χ4v) is 3.31. The molecule has 0 saturated heterocycles. The number of rotatable bonds is 10. The summed E-state index contributed by atoms with van der Waals surface area (Å²) in [6.07, 6.45) is -16.7. The van der Waals surface area contributed by atoms with E-state index in [-0.39, 0.29) is 22.6 Å². The van der Waals surface area contributed by atoms with Crippen LogP contribution in [0, 0.1) is 5.82 Å². The number of alkyl halides is 7. The Morgan fingerprint density at radius 2 is 1.54 bits per heavy atom. The SMILES string of the molecule is O=C(Nc1ccc(F)cc1)Nc1cccc(N(Cc2cccc(OC(F)(F)C(F)F)c2)CC(O)C(F)(F)F)c1. The second kappa shape index (κ2) is 12.2. The normalized spacial score (nSPS) is 12.7. The molecule has 2 amide bonds. The van der Waals surface area contributed by atoms with E-state index in [1.54, 1.807) is 0 Å². The van der Waals surface area contributed by atoms with E-state index < -0.39 is 55.5 Å². The average Bonchev–Trinajstić information content (AvgIpc) is 2.84. The highest BCUT2D eigenvalue weighted by atomic mass is 19.4. The Morgan fingerprint density at radius 3 is 2.18 bits per heavy atom. The molecule has 39 heavy (non-hydrogen) atoms. The predicted molar refractivity (Wildman–Crippen MR) is 127 cm³/mol. The van der Waals surface area contributed by atoms with Crippen molar-refractivity contribution in [2.24, 2.45) is 0 Å². The van der Waals surface area contributed by atoms with Gasteiger partial charge in [-0.2, -0.15) is 30.7 Å². The predicted octanol–water partition coefficient (Wildman–Crippen LogP) is 6.64. The van der Waals surface area contributed by atoms with Crippen LogP contribution in [0.15, 0.2) is 72.8 Å². The number of aliphatic hydroxyl groups excluding tert-OH is 1. The smallest absolute Gasteiger partial charge is 0.428 e. The molecular weight excluding hydrogens is 542 g/mol. The van der Waals surface area contributed by atoms with Crippen molar-refractivity contribution in [3.63, 3.8) is 0 Å². The van der Waals surface area contributed by atoms with E-state index in [2.05, 4.69) is 15.4 Å². The van der Waals surface area contributed by atoms with E-state index in [9.17, 15) is 45.0 Å². The molecule has 6 nitrogen and oxygen atoms in total. The van der Waals surface area contributed by atoms with Crippen molar-refractivity contribution in [3.05, 3.63) is 84.2 Å². The summed E-state index contributed by atoms with van der Waals surface area (Å²) in [7, 11) is 0. The summed E-state index contributed by atoms with van der Waals surface area (Å²) in [4.78, 5) is 13.3. The topological polar surface area (TPSA) is 73.8 Å². The van der Waals surface area contributed by atoms with E-state index in [1.807, 2.05) is 0 Å². The zero-order valence-electron chi connectivity index (χ0n) is 19.7. The lowest BCUT2D eigenvalue weighted by Crippen LogP contribution is -2.41. The van der Waals surface area contributed by atoms with Gasteiger partial charge in [0.25, 0.3) is 0 Å². The maximum absolute atomic E-state index is 13.3. The van der Waals surface area contributed by atoms with Gasteiger partial charge in [0.15, 0.2) is 6.10 Å². The fourth-order valence-electron chi connectivity index (χ4n) is 3.31. The molecule has 0 aliphatic heterocycles. The average molecular weight is 563 g/mol. The molecule has 0 aliphatic rings. The third-order valence-corrected chi connectivity index (χ3v) is 5.12. The second-order valence-corrected chi connectivity index (χ2v) is 8.19. The third kappa shape index (κ3) is 8.74. The molecule has 0 spiro atoms. The van der Waals surface area contributed by atoms with Crippen LogP contribution >= 0.6 is 0 Å². The molecule has 0 bridgehead atoms. The fraction of sp³-hybridized carbons (Fsp3) is 0.240. The number of nitrogens with zero attached hydrogens (tertiary/aromatic N) is 1. The molecule has 14 heteroatoms. The first-order valence-electron chi connectivity index (χ1n) is 11.1. The number of ether oxygens (including phenoxy) is 1. The van der Waals surface area contributed by atoms with Gasteiger partial charge in [-0.1, -0.05) is 18.2 Å². The van der Waals surface area contributed by atoms with Gasteiger partial charge in [0, 0.05) is 23.6 Å². The second-order valence-electron chi connectivity index (χ2n) is 8.19. The molecule has 3 aromatic rings. The van der Waals surface area contributed by atoms with Crippen molar-refractivity contribution in [3.8, 4) is 5.75 Å². The molecule has 210 valence electrons. The van der Waals surface area contributed by atoms with Crippen LogP contribution < -0.4 is 20.3 Å². The van der Waals surface area contributed by atoms with E-state index in [0.717, 1.165) is 29.2 Å². The molecule has 3 rings (SSSR count). The van der Waals surface area contributed by atoms with E-state index in [4.69, 9.17) is 0 Å². The summed E-state index contributed by atoms with van der Waals surface area (Å²) in [5, 5.41) is 14.6. The highest BCUT2D eigenvalue weighted by molar-refractivity contribution is 6.00. The summed E-state index contributed by atoms with van der Waals surface area (Å²) in [5.41, 5.74) is 0.577. The van der Waals surface area contributed by atoms with Gasteiger partial charge in [-0.15, -0.1) is 0 Å². The first kappa shape index (κ1) is 29.5. The summed E-state index contributed by atoms with van der Waals surface area (Å²) in [6, 6.07) is 14.0. The Hall–Kier alpha value is -4.07. The van der Waals surface area contributed by atoms with Crippen LogP contribution in [-0.4, -0.2) is 42.5 Å². The van der Waals surface area contributed by atoms with Crippen LogP contribution in [-0.2, 0) is 6.54 Å². The minimum atomic E-state index is -4.99. The van der Waals surface area contributed by atoms with Crippen molar-refractivity contribution in [2.75, 3.05) is 22.1 Å². The number of aliphatic hydroxyl groups is 1. The van der Waals surface area contributed by atoms with Gasteiger partial charge in [0.2, 0.25) is 0 Å². The summed E-state index contributed by atoms with van der Waals surface area (Å²) in [5.74, 6) is -1.17. The number of nitrogens with one attached hydrogen (secondary N) is 2. The maximum atomic E-state index is 13.3. The highest BCUT2D eigenvalue weighted by Gasteiger charge is 2.44. The van der Waals surface area contributed by atoms with Crippen LogP contribution in [0.25, 0.3) is 0 Å². The van der Waals surface area contributed by atoms with Crippen LogP contribution in [0.5, 0.6) is 5.75 Å². The summed E-state index contributed by atoms with van der Waals surface area (Å²) < 4.78 is 108. The van der Waals surface area contributed by atoms with Crippen LogP contribution in [0.2, 0.25) is 0 Å². The number of urea groups is 1. The largest absolute Gasteiger partial charge is 0.461 e. The molecule has 1 atom stereocenters. The Labute approximate surface area is 216 Å². The number of benzene rings is 3. The van der Waals surface area contributed by atoms with Crippen molar-refractivity contribution in [2.45, 2.75) is 31.4 Å². The van der Waals surface area contributed by atoms with E-state index in [1.165, 1.54) is 48.5 Å². The molecule has 0 saturated carbocycles. The molecule has 3 aromatic carbocycles. The van der Waals surface area contributed by atoms with Crippen LogP contribution in [0.1, 0.15) is 5.56 Å². The number of halogens is 8. The number of carbonyl (C=O) groups is 1. The number of carbonyl (C=O) groups excluding carboxylic acids is 1. The lowest BCUT2D eigenvalue weighted by molar-refractivity contribution is -0.253. The van der Waals surface area contributed by atoms with Crippen molar-refractivity contribution >= 4 is 23.1 Å². The molecule has 0 aromatic heterocycles. The molecule has 3 N–H and O–H groups in total. The Bertz CT molecular complexity index is 1260. The molecule has 0 fully saturated rings. The number of anilines is 3. The van der Waals surface area contributed by atoms with Crippen LogP contribution in [0.4, 0.5) is 57.0 Å². The first-order chi connectivity index (χ1) is 18.2. The quantitative estimate of drug-likeness (QED) is 0.242. The minimum Gasteiger partial charge on any atom is -0.428 e. The van der Waals surface area contributed by atoms with Gasteiger partial charge >= 0.3 is 24.7 Å². The first-order valence-corrected chi connectivity index (χ1v) is 11.1. The maximum Gasteiger partial charge on any atom is 0.461 e. The molecule has 1 unspecified atom stereocenters.